The summed E-state index contributed by atoms with van der Waals surface area (Å²) in [5.41, 5.74) is -3.56. The van der Waals surface area contributed by atoms with E-state index in [1.807, 2.05) is 0 Å². The van der Waals surface area contributed by atoms with E-state index in [2.05, 4.69) is 15.3 Å². The number of nitrogens with zero attached hydrogens (tertiary/aromatic N) is 2. The summed E-state index contributed by atoms with van der Waals surface area (Å²) in [6.07, 6.45) is 0. The fourth-order valence-electron chi connectivity index (χ4n) is 3.43. The number of aromatic nitrogens is 2. The van der Waals surface area contributed by atoms with Gasteiger partial charge in [0.15, 0.2) is 17.3 Å². The van der Waals surface area contributed by atoms with Crippen molar-refractivity contribution in [2.45, 2.75) is 38.8 Å². The second-order valence-corrected chi connectivity index (χ2v) is 8.34. The molecule has 0 atom stereocenters. The molecule has 3 aromatic rings. The number of fused-ring (bicyclic) bond motifs is 1. The van der Waals surface area contributed by atoms with Gasteiger partial charge in [-0.3, -0.25) is 0 Å². The Kier molecular flexibility index (Phi) is 7.71. The number of ether oxygens (including phenoxy) is 3. The molecule has 3 rings (SSSR count). The monoisotopic (exact) mass is 497 g/mol. The highest BCUT2D eigenvalue weighted by Gasteiger charge is 2.49. The summed E-state index contributed by atoms with van der Waals surface area (Å²) < 4.78 is 75.1. The molecule has 190 valence electrons. The maximum atomic E-state index is 15.2. The first-order valence-electron chi connectivity index (χ1n) is 10.7. The molecular weight excluding hydrogens is 470 g/mol. The van der Waals surface area contributed by atoms with Crippen LogP contribution in [0.15, 0.2) is 24.3 Å². The summed E-state index contributed by atoms with van der Waals surface area (Å²) >= 11 is 0. The molecule has 0 radical (unpaired) electrons. The van der Waals surface area contributed by atoms with Crippen molar-refractivity contribution in [1.29, 1.82) is 0 Å². The highest BCUT2D eigenvalue weighted by molar-refractivity contribution is 5.92. The number of alkyl halides is 2. The lowest BCUT2D eigenvalue weighted by atomic mass is 9.92. The molecule has 0 saturated carbocycles. The normalized spacial score (nSPS) is 12.2. The zero-order chi connectivity index (χ0) is 26.0. The summed E-state index contributed by atoms with van der Waals surface area (Å²) in [7, 11) is 2.78. The first-order chi connectivity index (χ1) is 16.4. The molecular formula is C24H27F4N3O4. The van der Waals surface area contributed by atoms with E-state index in [4.69, 9.17) is 14.2 Å². The van der Waals surface area contributed by atoms with Crippen molar-refractivity contribution in [3.8, 4) is 11.5 Å². The van der Waals surface area contributed by atoms with Crippen LogP contribution in [0.4, 0.5) is 23.4 Å². The zero-order valence-corrected chi connectivity index (χ0v) is 20.0. The summed E-state index contributed by atoms with van der Waals surface area (Å²) in [5.74, 6) is -5.48. The molecule has 0 unspecified atom stereocenters. The van der Waals surface area contributed by atoms with Crippen molar-refractivity contribution >= 4 is 16.7 Å². The van der Waals surface area contributed by atoms with Crippen LogP contribution in [0.2, 0.25) is 0 Å². The van der Waals surface area contributed by atoms with E-state index in [-0.39, 0.29) is 59.4 Å². The first kappa shape index (κ1) is 26.4. The Labute approximate surface area is 200 Å². The highest BCUT2D eigenvalue weighted by Crippen LogP contribution is 2.41. The van der Waals surface area contributed by atoms with E-state index in [0.29, 0.717) is 0 Å². The van der Waals surface area contributed by atoms with Gasteiger partial charge in [0, 0.05) is 24.6 Å². The molecule has 0 aliphatic rings. The Balaban J connectivity index is 2.02. The van der Waals surface area contributed by atoms with Crippen molar-refractivity contribution in [3.05, 3.63) is 52.9 Å². The molecule has 0 amide bonds. The van der Waals surface area contributed by atoms with Gasteiger partial charge >= 0.3 is 5.92 Å². The summed E-state index contributed by atoms with van der Waals surface area (Å²) in [4.78, 5) is 8.41. The lowest BCUT2D eigenvalue weighted by Gasteiger charge is -2.30. The Hall–Kier alpha value is -3.18. The summed E-state index contributed by atoms with van der Waals surface area (Å²) in [6.45, 7) is 3.49. The number of nitrogens with one attached hydrogen (secondary N) is 1. The largest absolute Gasteiger partial charge is 0.490 e. The number of hydrogen-bond donors (Lipinski definition) is 2. The fourth-order valence-corrected chi connectivity index (χ4v) is 3.43. The molecule has 7 nitrogen and oxygen atoms in total. The highest BCUT2D eigenvalue weighted by atomic mass is 19.3. The molecule has 11 heteroatoms. The molecule has 35 heavy (non-hydrogen) atoms. The van der Waals surface area contributed by atoms with Crippen molar-refractivity contribution in [1.82, 2.24) is 9.97 Å². The van der Waals surface area contributed by atoms with Gasteiger partial charge in [-0.25, -0.2) is 18.7 Å². The number of methoxy groups -OCH3 is 2. The molecule has 1 aromatic heterocycles. The number of benzene rings is 2. The van der Waals surface area contributed by atoms with Crippen molar-refractivity contribution in [2.75, 3.05) is 32.8 Å². The molecule has 0 bridgehead atoms. The number of hydrogen-bond acceptors (Lipinski definition) is 7. The van der Waals surface area contributed by atoms with Gasteiger partial charge in [-0.15, -0.1) is 0 Å². The van der Waals surface area contributed by atoms with Gasteiger partial charge in [0.2, 0.25) is 0 Å². The Morgan fingerprint density at radius 1 is 1.06 bits per heavy atom. The molecule has 1 heterocycles. The minimum absolute atomic E-state index is 0.0567. The van der Waals surface area contributed by atoms with Gasteiger partial charge in [0.05, 0.1) is 19.3 Å². The van der Waals surface area contributed by atoms with Crippen LogP contribution in [0.5, 0.6) is 11.5 Å². The molecule has 0 aliphatic heterocycles. The van der Waals surface area contributed by atoms with Crippen LogP contribution in [-0.4, -0.2) is 48.1 Å². The van der Waals surface area contributed by atoms with Gasteiger partial charge in [0.25, 0.3) is 0 Å². The van der Waals surface area contributed by atoms with E-state index in [1.165, 1.54) is 32.4 Å². The average Bonchev–Trinajstić information content (AvgIpc) is 2.78. The third kappa shape index (κ3) is 5.25. The third-order valence-electron chi connectivity index (χ3n) is 5.34. The minimum Gasteiger partial charge on any atom is -0.490 e. The lowest BCUT2D eigenvalue weighted by Crippen LogP contribution is -2.41. The van der Waals surface area contributed by atoms with Crippen molar-refractivity contribution in [3.63, 3.8) is 0 Å². The quantitative estimate of drug-likeness (QED) is 0.310. The van der Waals surface area contributed by atoms with Crippen LogP contribution < -0.4 is 14.8 Å². The van der Waals surface area contributed by atoms with Gasteiger partial charge in [-0.1, -0.05) is 12.1 Å². The molecule has 0 saturated heterocycles. The maximum Gasteiger partial charge on any atom is 0.303 e. The van der Waals surface area contributed by atoms with Gasteiger partial charge in [0.1, 0.15) is 35.2 Å². The second kappa shape index (κ2) is 10.2. The lowest BCUT2D eigenvalue weighted by molar-refractivity contribution is -0.170. The van der Waals surface area contributed by atoms with E-state index >= 15 is 8.78 Å². The van der Waals surface area contributed by atoms with E-state index < -0.39 is 28.7 Å². The van der Waals surface area contributed by atoms with Gasteiger partial charge in [-0.05, 0) is 32.9 Å². The second-order valence-electron chi connectivity index (χ2n) is 8.34. The Bertz CT molecular complexity index is 1220. The molecule has 2 N–H and O–H groups in total. The van der Waals surface area contributed by atoms with Crippen LogP contribution in [0.3, 0.4) is 0 Å². The number of halogens is 4. The van der Waals surface area contributed by atoms with Crippen LogP contribution in [-0.2, 0) is 17.2 Å². The summed E-state index contributed by atoms with van der Waals surface area (Å²) in [5, 5.41) is 12.9. The van der Waals surface area contributed by atoms with E-state index in [1.54, 1.807) is 6.92 Å². The summed E-state index contributed by atoms with van der Waals surface area (Å²) in [6, 6.07) is 4.99. The van der Waals surface area contributed by atoms with Crippen LogP contribution >= 0.6 is 0 Å². The number of anilines is 1. The van der Waals surface area contributed by atoms with E-state index in [9.17, 15) is 13.9 Å². The predicted octanol–water partition coefficient (Wildman–Crippen LogP) is 4.73. The smallest absolute Gasteiger partial charge is 0.303 e. The number of aliphatic hydroxyl groups is 1. The minimum atomic E-state index is -3.83. The number of rotatable bonds is 10. The zero-order valence-electron chi connectivity index (χ0n) is 20.0. The molecule has 0 fully saturated rings. The average molecular weight is 497 g/mol. The fraction of sp³-hybridized carbons (Fsp3) is 0.417. The standard InChI is InChI=1S/C24H27F4N3O4/c1-13-30-20-15(11-17(35-10-9-33-4)21(34-5)19(20)26)22(31-13)29-12-14-7-6-8-16(18(14)25)24(27,28)23(2,3)32/h6-8,11,32H,9-10,12H2,1-5H3,(H,29,30,31). The van der Waals surface area contributed by atoms with Crippen LogP contribution in [0.25, 0.3) is 10.9 Å². The van der Waals surface area contributed by atoms with E-state index in [0.717, 1.165) is 19.9 Å². The molecule has 2 aromatic carbocycles. The first-order valence-corrected chi connectivity index (χ1v) is 10.7. The Morgan fingerprint density at radius 2 is 1.77 bits per heavy atom. The van der Waals surface area contributed by atoms with Crippen molar-refractivity contribution < 1.29 is 36.9 Å². The van der Waals surface area contributed by atoms with Gasteiger partial charge < -0.3 is 24.6 Å². The topological polar surface area (TPSA) is 85.7 Å². The number of aryl methyl sites for hydroxylation is 1. The maximum absolute atomic E-state index is 15.2. The van der Waals surface area contributed by atoms with Crippen LogP contribution in [0.1, 0.15) is 30.8 Å². The Morgan fingerprint density at radius 3 is 2.40 bits per heavy atom. The predicted molar refractivity (Wildman–Crippen MR) is 122 cm³/mol. The molecule has 0 aliphatic carbocycles. The molecule has 0 spiro atoms. The van der Waals surface area contributed by atoms with Crippen LogP contribution in [0, 0.1) is 18.6 Å². The third-order valence-corrected chi connectivity index (χ3v) is 5.34. The SMILES string of the molecule is COCCOc1cc2c(NCc3cccc(C(F)(F)C(C)(C)O)c3F)nc(C)nc2c(F)c1OC. The van der Waals surface area contributed by atoms with Crippen molar-refractivity contribution in [2.24, 2.45) is 0 Å². The van der Waals surface area contributed by atoms with Gasteiger partial charge in [-0.2, -0.15) is 8.78 Å².